The van der Waals surface area contributed by atoms with Crippen molar-refractivity contribution in [3.8, 4) is 23.0 Å². The molecule has 0 fully saturated rings. The van der Waals surface area contributed by atoms with E-state index in [4.69, 9.17) is 14.2 Å². The molecule has 0 aliphatic rings. The van der Waals surface area contributed by atoms with Crippen molar-refractivity contribution in [2.45, 2.75) is 25.9 Å². The number of carboxylic acids is 1. The van der Waals surface area contributed by atoms with Crippen LogP contribution in [0, 0.1) is 0 Å². The van der Waals surface area contributed by atoms with Crippen LogP contribution in [0.15, 0.2) is 109 Å². The number of likely N-dealkylation sites (N-methyl/N-ethyl adjacent to an activating group) is 1. The first-order chi connectivity index (χ1) is 18.9. The zero-order valence-electron chi connectivity index (χ0n) is 21.9. The Bertz CT molecular complexity index is 1360. The fourth-order valence-corrected chi connectivity index (χ4v) is 4.04. The summed E-state index contributed by atoms with van der Waals surface area (Å²) in [5, 5.41) is 9.81. The van der Waals surface area contributed by atoms with Crippen molar-refractivity contribution in [1.29, 1.82) is 0 Å². The molecule has 39 heavy (non-hydrogen) atoms. The number of para-hydroxylation sites is 2. The normalized spacial score (nSPS) is 12.2. The molecule has 0 bridgehead atoms. The van der Waals surface area contributed by atoms with Gasteiger partial charge in [0.15, 0.2) is 6.61 Å². The first-order valence-corrected chi connectivity index (χ1v) is 12.7. The minimum absolute atomic E-state index is 0.139. The highest BCUT2D eigenvalue weighted by atomic mass is 16.5. The minimum atomic E-state index is -1.44. The summed E-state index contributed by atoms with van der Waals surface area (Å²) in [6, 6.07) is 32.7. The number of anilines is 1. The monoisotopic (exact) mass is 525 g/mol. The SMILES string of the molecule is CCN(C(=O)COc1ccc(CC(C)(Oc2ccccc2)C(=O)O)cc1)c1ccc(Oc2ccccc2)cc1. The predicted octanol–water partition coefficient (Wildman–Crippen LogP) is 6.38. The number of carbonyl (C=O) groups excluding carboxylic acids is 1. The van der Waals surface area contributed by atoms with Gasteiger partial charge in [-0.05, 0) is 80.1 Å². The summed E-state index contributed by atoms with van der Waals surface area (Å²) in [6.07, 6.45) is 0.157. The third-order valence-electron chi connectivity index (χ3n) is 6.11. The lowest BCUT2D eigenvalue weighted by molar-refractivity contribution is -0.153. The Morgan fingerprint density at radius 2 is 1.28 bits per heavy atom. The number of ether oxygens (including phenoxy) is 3. The van der Waals surface area contributed by atoms with Gasteiger partial charge in [-0.2, -0.15) is 0 Å². The number of hydrogen-bond acceptors (Lipinski definition) is 5. The molecule has 200 valence electrons. The number of benzene rings is 4. The fourth-order valence-electron chi connectivity index (χ4n) is 4.04. The zero-order chi connectivity index (χ0) is 27.7. The average Bonchev–Trinajstić information content (AvgIpc) is 2.95. The van der Waals surface area contributed by atoms with Gasteiger partial charge in [0.1, 0.15) is 23.0 Å². The number of aliphatic carboxylic acids is 1. The lowest BCUT2D eigenvalue weighted by Crippen LogP contribution is -2.43. The molecule has 1 N–H and O–H groups in total. The second kappa shape index (κ2) is 12.6. The molecule has 0 aliphatic heterocycles. The molecule has 1 unspecified atom stereocenters. The highest BCUT2D eigenvalue weighted by Gasteiger charge is 2.36. The molecule has 0 aliphatic carbocycles. The molecule has 7 heteroatoms. The molecule has 0 spiro atoms. The van der Waals surface area contributed by atoms with Crippen molar-refractivity contribution < 1.29 is 28.9 Å². The second-order valence-corrected chi connectivity index (χ2v) is 9.11. The van der Waals surface area contributed by atoms with Gasteiger partial charge in [0, 0.05) is 18.7 Å². The molecule has 0 aromatic heterocycles. The predicted molar refractivity (Wildman–Crippen MR) is 150 cm³/mol. The van der Waals surface area contributed by atoms with Gasteiger partial charge >= 0.3 is 5.97 Å². The molecule has 0 saturated carbocycles. The van der Waals surface area contributed by atoms with E-state index in [1.54, 1.807) is 60.4 Å². The Kier molecular flexibility index (Phi) is 8.84. The van der Waals surface area contributed by atoms with Gasteiger partial charge < -0.3 is 24.2 Å². The zero-order valence-corrected chi connectivity index (χ0v) is 21.9. The number of hydrogen-bond donors (Lipinski definition) is 1. The highest BCUT2D eigenvalue weighted by molar-refractivity contribution is 5.94. The quantitative estimate of drug-likeness (QED) is 0.231. The van der Waals surface area contributed by atoms with Crippen LogP contribution in [0.25, 0.3) is 0 Å². The lowest BCUT2D eigenvalue weighted by Gasteiger charge is -2.26. The molecule has 0 saturated heterocycles. The molecule has 4 rings (SSSR count). The topological polar surface area (TPSA) is 85.3 Å². The molecule has 4 aromatic rings. The molecular weight excluding hydrogens is 494 g/mol. The Labute approximate surface area is 228 Å². The van der Waals surface area contributed by atoms with Crippen molar-refractivity contribution in [1.82, 2.24) is 0 Å². The van der Waals surface area contributed by atoms with Gasteiger partial charge in [-0.1, -0.05) is 48.5 Å². The second-order valence-electron chi connectivity index (χ2n) is 9.11. The van der Waals surface area contributed by atoms with E-state index in [-0.39, 0.29) is 18.9 Å². The molecule has 7 nitrogen and oxygen atoms in total. The maximum atomic E-state index is 12.9. The summed E-state index contributed by atoms with van der Waals surface area (Å²) in [6.45, 7) is 3.79. The Hall–Kier alpha value is -4.78. The van der Waals surface area contributed by atoms with Crippen LogP contribution in [0.3, 0.4) is 0 Å². The molecule has 0 radical (unpaired) electrons. The van der Waals surface area contributed by atoms with E-state index < -0.39 is 11.6 Å². The third-order valence-corrected chi connectivity index (χ3v) is 6.11. The van der Waals surface area contributed by atoms with E-state index in [0.29, 0.717) is 23.8 Å². The fraction of sp³-hybridized carbons (Fsp3) is 0.188. The van der Waals surface area contributed by atoms with Gasteiger partial charge in [0.25, 0.3) is 5.91 Å². The smallest absolute Gasteiger partial charge is 0.348 e. The summed E-state index contributed by atoms with van der Waals surface area (Å²) < 4.78 is 17.4. The van der Waals surface area contributed by atoms with E-state index in [0.717, 1.165) is 17.0 Å². The van der Waals surface area contributed by atoms with Crippen LogP contribution < -0.4 is 19.1 Å². The van der Waals surface area contributed by atoms with Crippen LogP contribution in [0.5, 0.6) is 23.0 Å². The Morgan fingerprint density at radius 1 is 0.744 bits per heavy atom. The highest BCUT2D eigenvalue weighted by Crippen LogP contribution is 2.26. The average molecular weight is 526 g/mol. The van der Waals surface area contributed by atoms with Crippen LogP contribution in [0.2, 0.25) is 0 Å². The van der Waals surface area contributed by atoms with E-state index in [1.165, 1.54) is 0 Å². The van der Waals surface area contributed by atoms with Crippen molar-refractivity contribution in [3.05, 3.63) is 115 Å². The van der Waals surface area contributed by atoms with Crippen LogP contribution in [0.1, 0.15) is 19.4 Å². The van der Waals surface area contributed by atoms with Crippen LogP contribution in [-0.4, -0.2) is 35.7 Å². The van der Waals surface area contributed by atoms with E-state index >= 15 is 0 Å². The number of carboxylic acid groups (broad SMARTS) is 1. The number of carbonyl (C=O) groups is 2. The third kappa shape index (κ3) is 7.38. The summed E-state index contributed by atoms with van der Waals surface area (Å²) >= 11 is 0. The number of amides is 1. The standard InChI is InChI=1S/C32H31NO6/c1-3-33(25-16-20-28(21-17-25)38-27-10-6-4-7-11-27)30(34)23-37-26-18-14-24(15-19-26)22-32(2,31(35)36)39-29-12-8-5-9-13-29/h4-21H,3,22-23H2,1-2H3,(H,35,36). The molecule has 0 heterocycles. The minimum Gasteiger partial charge on any atom is -0.484 e. The Balaban J connectivity index is 1.33. The van der Waals surface area contributed by atoms with Gasteiger partial charge in [-0.3, -0.25) is 4.79 Å². The maximum Gasteiger partial charge on any atom is 0.348 e. The van der Waals surface area contributed by atoms with Crippen molar-refractivity contribution >= 4 is 17.6 Å². The van der Waals surface area contributed by atoms with Crippen molar-refractivity contribution in [2.75, 3.05) is 18.1 Å². The Morgan fingerprint density at radius 3 is 1.85 bits per heavy atom. The molecule has 4 aromatic carbocycles. The molecule has 1 atom stereocenters. The van der Waals surface area contributed by atoms with Gasteiger partial charge in [-0.15, -0.1) is 0 Å². The summed E-state index contributed by atoms with van der Waals surface area (Å²) in [5.74, 6) is 1.17. The van der Waals surface area contributed by atoms with Crippen LogP contribution >= 0.6 is 0 Å². The summed E-state index contributed by atoms with van der Waals surface area (Å²) in [7, 11) is 0. The van der Waals surface area contributed by atoms with E-state index in [9.17, 15) is 14.7 Å². The van der Waals surface area contributed by atoms with Gasteiger partial charge in [0.2, 0.25) is 5.60 Å². The van der Waals surface area contributed by atoms with Crippen molar-refractivity contribution in [2.24, 2.45) is 0 Å². The van der Waals surface area contributed by atoms with Gasteiger partial charge in [-0.25, -0.2) is 4.79 Å². The van der Waals surface area contributed by atoms with Crippen LogP contribution in [-0.2, 0) is 16.0 Å². The van der Waals surface area contributed by atoms with Gasteiger partial charge in [0.05, 0.1) is 0 Å². The summed E-state index contributed by atoms with van der Waals surface area (Å²) in [5.41, 5.74) is 0.0685. The summed E-state index contributed by atoms with van der Waals surface area (Å²) in [4.78, 5) is 26.5. The number of nitrogens with zero attached hydrogens (tertiary/aromatic N) is 1. The first-order valence-electron chi connectivity index (χ1n) is 12.7. The largest absolute Gasteiger partial charge is 0.484 e. The van der Waals surface area contributed by atoms with Crippen LogP contribution in [0.4, 0.5) is 5.69 Å². The number of rotatable bonds is 12. The van der Waals surface area contributed by atoms with Crippen molar-refractivity contribution in [3.63, 3.8) is 0 Å². The lowest BCUT2D eigenvalue weighted by atomic mass is 9.96. The first kappa shape index (κ1) is 27.3. The molecular formula is C32H31NO6. The maximum absolute atomic E-state index is 12.9. The van der Waals surface area contributed by atoms with E-state index in [2.05, 4.69) is 0 Å². The molecule has 1 amide bonds. The van der Waals surface area contributed by atoms with E-state index in [1.807, 2.05) is 67.6 Å².